The van der Waals surface area contributed by atoms with Crippen molar-refractivity contribution in [3.8, 4) is 11.5 Å². The Morgan fingerprint density at radius 2 is 1.60 bits per heavy atom. The Labute approximate surface area is 89.6 Å². The third-order valence-corrected chi connectivity index (χ3v) is 2.27. The van der Waals surface area contributed by atoms with E-state index in [1.54, 1.807) is 12.1 Å². The summed E-state index contributed by atoms with van der Waals surface area (Å²) in [6.07, 6.45) is 0.828. The lowest BCUT2D eigenvalue weighted by molar-refractivity contribution is 0.384. The highest BCUT2D eigenvalue weighted by Crippen LogP contribution is 2.20. The fourth-order valence-electron chi connectivity index (χ4n) is 1.45. The summed E-state index contributed by atoms with van der Waals surface area (Å²) in [5, 5.41) is 18.4. The van der Waals surface area contributed by atoms with Crippen molar-refractivity contribution in [2.45, 2.75) is 13.3 Å². The standard InChI is InChI=1S/C10H15BO4/c1-4-7-5-8(14-2)10(11(12)13)9(6-7)15-3/h5-6,12-13H,4H2,1-3H3. The van der Waals surface area contributed by atoms with E-state index < -0.39 is 7.12 Å². The van der Waals surface area contributed by atoms with E-state index in [4.69, 9.17) is 9.47 Å². The Balaban J connectivity index is 3.32. The SMILES string of the molecule is CCc1cc(OC)c(B(O)O)c(OC)c1. The minimum Gasteiger partial charge on any atom is -0.497 e. The molecule has 0 radical (unpaired) electrons. The molecule has 0 unspecified atom stereocenters. The van der Waals surface area contributed by atoms with Crippen LogP contribution in [-0.2, 0) is 6.42 Å². The molecule has 0 bridgehead atoms. The van der Waals surface area contributed by atoms with E-state index in [2.05, 4.69) is 0 Å². The molecule has 4 nitrogen and oxygen atoms in total. The second-order valence-electron chi connectivity index (χ2n) is 3.14. The van der Waals surface area contributed by atoms with Crippen LogP contribution in [0.2, 0.25) is 0 Å². The van der Waals surface area contributed by atoms with Gasteiger partial charge in [0, 0.05) is 0 Å². The van der Waals surface area contributed by atoms with E-state index in [-0.39, 0.29) is 5.46 Å². The normalized spacial score (nSPS) is 9.93. The van der Waals surface area contributed by atoms with Crippen molar-refractivity contribution in [1.82, 2.24) is 0 Å². The molecule has 5 heteroatoms. The highest BCUT2D eigenvalue weighted by molar-refractivity contribution is 6.61. The first kappa shape index (κ1) is 11.9. The van der Waals surface area contributed by atoms with E-state index in [9.17, 15) is 10.0 Å². The third kappa shape index (κ3) is 2.43. The lowest BCUT2D eigenvalue weighted by atomic mass is 9.78. The van der Waals surface area contributed by atoms with Crippen molar-refractivity contribution in [1.29, 1.82) is 0 Å². The zero-order valence-electron chi connectivity index (χ0n) is 9.15. The topological polar surface area (TPSA) is 58.9 Å². The summed E-state index contributed by atoms with van der Waals surface area (Å²) in [6.45, 7) is 2.00. The van der Waals surface area contributed by atoms with Gasteiger partial charge < -0.3 is 19.5 Å². The van der Waals surface area contributed by atoms with Crippen molar-refractivity contribution >= 4 is 12.6 Å². The van der Waals surface area contributed by atoms with Gasteiger partial charge in [-0.15, -0.1) is 0 Å². The molecule has 2 N–H and O–H groups in total. The van der Waals surface area contributed by atoms with Crippen LogP contribution in [0.25, 0.3) is 0 Å². The van der Waals surface area contributed by atoms with E-state index in [1.807, 2.05) is 6.92 Å². The number of aryl methyl sites for hydroxylation is 1. The van der Waals surface area contributed by atoms with Crippen LogP contribution in [-0.4, -0.2) is 31.4 Å². The Morgan fingerprint density at radius 3 is 1.87 bits per heavy atom. The fourth-order valence-corrected chi connectivity index (χ4v) is 1.45. The summed E-state index contributed by atoms with van der Waals surface area (Å²) in [5.74, 6) is 0.863. The fraction of sp³-hybridized carbons (Fsp3) is 0.400. The molecule has 82 valence electrons. The Kier molecular flexibility index (Phi) is 4.00. The maximum atomic E-state index is 9.21. The Morgan fingerprint density at radius 1 is 1.13 bits per heavy atom. The molecule has 0 saturated carbocycles. The molecule has 0 aliphatic carbocycles. The van der Waals surface area contributed by atoms with Crippen LogP contribution >= 0.6 is 0 Å². The highest BCUT2D eigenvalue weighted by Gasteiger charge is 2.23. The second-order valence-corrected chi connectivity index (χ2v) is 3.14. The summed E-state index contributed by atoms with van der Waals surface area (Å²) in [6, 6.07) is 3.55. The number of hydrogen-bond donors (Lipinski definition) is 2. The molecule has 0 amide bonds. The maximum Gasteiger partial charge on any atom is 0.496 e. The molecule has 0 aromatic heterocycles. The lowest BCUT2D eigenvalue weighted by Crippen LogP contribution is -2.32. The molecule has 0 fully saturated rings. The molecule has 1 aromatic rings. The first-order valence-corrected chi connectivity index (χ1v) is 4.75. The van der Waals surface area contributed by atoms with Gasteiger partial charge in [0.1, 0.15) is 11.5 Å². The number of hydrogen-bond acceptors (Lipinski definition) is 4. The van der Waals surface area contributed by atoms with Gasteiger partial charge in [-0.25, -0.2) is 0 Å². The molecular weight excluding hydrogens is 195 g/mol. The first-order valence-electron chi connectivity index (χ1n) is 4.75. The van der Waals surface area contributed by atoms with Gasteiger partial charge in [0.25, 0.3) is 0 Å². The smallest absolute Gasteiger partial charge is 0.496 e. The van der Waals surface area contributed by atoms with Gasteiger partial charge in [-0.3, -0.25) is 0 Å². The minimum atomic E-state index is -1.60. The van der Waals surface area contributed by atoms with Crippen LogP contribution < -0.4 is 14.9 Å². The quantitative estimate of drug-likeness (QED) is 0.684. The van der Waals surface area contributed by atoms with E-state index in [0.29, 0.717) is 11.5 Å². The predicted molar refractivity (Wildman–Crippen MR) is 58.7 cm³/mol. The average Bonchev–Trinajstić information content (AvgIpc) is 2.26. The lowest BCUT2D eigenvalue weighted by Gasteiger charge is -2.14. The summed E-state index contributed by atoms with van der Waals surface area (Å²) < 4.78 is 10.2. The molecule has 0 saturated heterocycles. The van der Waals surface area contributed by atoms with Gasteiger partial charge in [-0.2, -0.15) is 0 Å². The van der Waals surface area contributed by atoms with E-state index in [1.165, 1.54) is 14.2 Å². The largest absolute Gasteiger partial charge is 0.497 e. The Bertz CT molecular complexity index is 313. The second kappa shape index (κ2) is 5.05. The van der Waals surface area contributed by atoms with Gasteiger partial charge in [0.15, 0.2) is 0 Å². The number of ether oxygens (including phenoxy) is 2. The first-order chi connectivity index (χ1) is 7.13. The molecule has 15 heavy (non-hydrogen) atoms. The van der Waals surface area contributed by atoms with E-state index >= 15 is 0 Å². The Hall–Kier alpha value is -1.20. The van der Waals surface area contributed by atoms with Crippen LogP contribution in [0.1, 0.15) is 12.5 Å². The van der Waals surface area contributed by atoms with Crippen LogP contribution in [0.4, 0.5) is 0 Å². The molecule has 0 aliphatic rings. The maximum absolute atomic E-state index is 9.21. The number of methoxy groups -OCH3 is 2. The summed E-state index contributed by atoms with van der Waals surface area (Å²) in [7, 11) is 1.38. The number of benzene rings is 1. The van der Waals surface area contributed by atoms with Crippen molar-refractivity contribution in [2.24, 2.45) is 0 Å². The molecule has 0 atom stereocenters. The van der Waals surface area contributed by atoms with Crippen molar-refractivity contribution in [2.75, 3.05) is 14.2 Å². The van der Waals surface area contributed by atoms with Crippen molar-refractivity contribution in [3.63, 3.8) is 0 Å². The van der Waals surface area contributed by atoms with Gasteiger partial charge in [0.2, 0.25) is 0 Å². The average molecular weight is 210 g/mol. The van der Waals surface area contributed by atoms with Crippen LogP contribution in [0.3, 0.4) is 0 Å². The molecule has 1 aromatic carbocycles. The summed E-state index contributed by atoms with van der Waals surface area (Å²) in [5.41, 5.74) is 1.28. The van der Waals surface area contributed by atoms with Crippen LogP contribution in [0, 0.1) is 0 Å². The molecule has 1 rings (SSSR count). The molecule has 0 heterocycles. The molecular formula is C10H15BO4. The van der Waals surface area contributed by atoms with Crippen molar-refractivity contribution in [3.05, 3.63) is 17.7 Å². The van der Waals surface area contributed by atoms with Gasteiger partial charge in [0.05, 0.1) is 19.7 Å². The molecule has 0 spiro atoms. The summed E-state index contributed by atoms with van der Waals surface area (Å²) >= 11 is 0. The van der Waals surface area contributed by atoms with Crippen LogP contribution in [0.5, 0.6) is 11.5 Å². The third-order valence-electron chi connectivity index (χ3n) is 2.27. The van der Waals surface area contributed by atoms with E-state index in [0.717, 1.165) is 12.0 Å². The zero-order chi connectivity index (χ0) is 11.4. The van der Waals surface area contributed by atoms with Gasteiger partial charge >= 0.3 is 7.12 Å². The van der Waals surface area contributed by atoms with Gasteiger partial charge in [-0.05, 0) is 24.1 Å². The van der Waals surface area contributed by atoms with Gasteiger partial charge in [-0.1, -0.05) is 6.92 Å². The monoisotopic (exact) mass is 210 g/mol. The van der Waals surface area contributed by atoms with Crippen molar-refractivity contribution < 1.29 is 19.5 Å². The molecule has 0 aliphatic heterocycles. The highest BCUT2D eigenvalue weighted by atomic mass is 16.5. The zero-order valence-corrected chi connectivity index (χ0v) is 9.15. The number of rotatable bonds is 4. The predicted octanol–water partition coefficient (Wildman–Crippen LogP) is -0.0540. The van der Waals surface area contributed by atoms with Crippen LogP contribution in [0.15, 0.2) is 12.1 Å². The minimum absolute atomic E-state index is 0.261. The summed E-state index contributed by atoms with van der Waals surface area (Å²) in [4.78, 5) is 0.